The van der Waals surface area contributed by atoms with Gasteiger partial charge in [-0.3, -0.25) is 9.97 Å². The molecule has 31 heavy (non-hydrogen) atoms. The molecule has 154 valence electrons. The predicted octanol–water partition coefficient (Wildman–Crippen LogP) is 5.51. The first kappa shape index (κ1) is 19.2. The van der Waals surface area contributed by atoms with Gasteiger partial charge in [0, 0.05) is 55.5 Å². The number of pyridine rings is 3. The lowest BCUT2D eigenvalue weighted by molar-refractivity contribution is 0.949. The Morgan fingerprint density at radius 1 is 0.774 bits per heavy atom. The molecule has 0 amide bonds. The molecule has 1 aromatic carbocycles. The normalized spacial score (nSPS) is 13.4. The van der Waals surface area contributed by atoms with Crippen molar-refractivity contribution in [3.8, 4) is 33.6 Å². The highest BCUT2D eigenvalue weighted by Gasteiger charge is 2.13. The summed E-state index contributed by atoms with van der Waals surface area (Å²) in [5.74, 6) is 0.805. The first-order chi connectivity index (χ1) is 15.3. The van der Waals surface area contributed by atoms with Gasteiger partial charge in [0.25, 0.3) is 0 Å². The molecule has 0 bridgehead atoms. The minimum atomic E-state index is 0.805. The Bertz CT molecular complexity index is 1180. The molecule has 5 nitrogen and oxygen atoms in total. The van der Waals surface area contributed by atoms with Crippen LogP contribution in [0.25, 0.3) is 33.6 Å². The third kappa shape index (κ3) is 4.12. The van der Waals surface area contributed by atoms with Gasteiger partial charge in [-0.2, -0.15) is 0 Å². The van der Waals surface area contributed by atoms with E-state index in [1.165, 1.54) is 24.1 Å². The number of nitrogens with zero attached hydrogens (tertiary/aromatic N) is 4. The van der Waals surface area contributed by atoms with Gasteiger partial charge in [0.15, 0.2) is 0 Å². The van der Waals surface area contributed by atoms with Crippen LogP contribution in [0, 0.1) is 0 Å². The maximum Gasteiger partial charge on any atom is 0.127 e. The minimum absolute atomic E-state index is 0.805. The van der Waals surface area contributed by atoms with Crippen LogP contribution in [0.15, 0.2) is 79.3 Å². The summed E-state index contributed by atoms with van der Waals surface area (Å²) in [5.41, 5.74) is 7.39. The fourth-order valence-electron chi connectivity index (χ4n) is 4.08. The van der Waals surface area contributed by atoms with Crippen molar-refractivity contribution in [2.24, 2.45) is 0 Å². The molecule has 0 aliphatic carbocycles. The van der Waals surface area contributed by atoms with Crippen LogP contribution in [0.2, 0.25) is 0 Å². The van der Waals surface area contributed by atoms with Crippen molar-refractivity contribution in [3.05, 3.63) is 79.3 Å². The second kappa shape index (κ2) is 8.56. The fourth-order valence-corrected chi connectivity index (χ4v) is 4.08. The van der Waals surface area contributed by atoms with Crippen LogP contribution >= 0.6 is 0 Å². The highest BCUT2D eigenvalue weighted by atomic mass is 15.1. The molecule has 1 aliphatic rings. The Labute approximate surface area is 182 Å². The summed E-state index contributed by atoms with van der Waals surface area (Å²) in [7, 11) is 1.88. The molecule has 0 atom stereocenters. The van der Waals surface area contributed by atoms with Crippen molar-refractivity contribution in [3.63, 3.8) is 0 Å². The molecule has 0 spiro atoms. The molecule has 1 saturated heterocycles. The highest BCUT2D eigenvalue weighted by molar-refractivity contribution is 5.77. The average molecular weight is 408 g/mol. The molecule has 4 aromatic rings. The lowest BCUT2D eigenvalue weighted by Gasteiger charge is -2.18. The van der Waals surface area contributed by atoms with Crippen LogP contribution in [0.5, 0.6) is 0 Å². The van der Waals surface area contributed by atoms with E-state index in [4.69, 9.17) is 0 Å². The highest BCUT2D eigenvalue weighted by Crippen LogP contribution is 2.31. The largest absolute Gasteiger partial charge is 0.373 e. The van der Waals surface area contributed by atoms with E-state index >= 15 is 0 Å². The topological polar surface area (TPSA) is 53.9 Å². The third-order valence-corrected chi connectivity index (χ3v) is 5.73. The standard InChI is InChI=1S/C26H25N5/c1-27-26-16-20(15-25(30-26)24-9-2-3-10-29-24)22-13-21(17-28-18-22)19-7-6-8-23(14-19)31-11-4-5-12-31/h2-3,6-10,13-18H,4-5,11-12H2,1H3,(H,27,30). The second-order valence-electron chi connectivity index (χ2n) is 7.80. The lowest BCUT2D eigenvalue weighted by atomic mass is 10.0. The molecular weight excluding hydrogens is 382 g/mol. The summed E-state index contributed by atoms with van der Waals surface area (Å²) in [6, 6.07) is 21.0. The van der Waals surface area contributed by atoms with E-state index in [1.54, 1.807) is 6.20 Å². The van der Waals surface area contributed by atoms with Gasteiger partial charge in [-0.15, -0.1) is 0 Å². The Balaban J connectivity index is 1.53. The van der Waals surface area contributed by atoms with E-state index in [-0.39, 0.29) is 0 Å². The molecule has 0 unspecified atom stereocenters. The predicted molar refractivity (Wildman–Crippen MR) is 127 cm³/mol. The van der Waals surface area contributed by atoms with E-state index in [2.05, 4.69) is 61.6 Å². The van der Waals surface area contributed by atoms with Crippen molar-refractivity contribution < 1.29 is 0 Å². The molecule has 1 N–H and O–H groups in total. The molecule has 1 fully saturated rings. The van der Waals surface area contributed by atoms with Crippen LogP contribution in [0.3, 0.4) is 0 Å². The number of anilines is 2. The molecule has 5 rings (SSSR count). The maximum absolute atomic E-state index is 4.68. The first-order valence-corrected chi connectivity index (χ1v) is 10.7. The quantitative estimate of drug-likeness (QED) is 0.472. The van der Waals surface area contributed by atoms with Gasteiger partial charge in [0.1, 0.15) is 5.82 Å². The fraction of sp³-hybridized carbons (Fsp3) is 0.192. The molecule has 5 heteroatoms. The zero-order chi connectivity index (χ0) is 21.0. The van der Waals surface area contributed by atoms with Gasteiger partial charge in [-0.25, -0.2) is 4.98 Å². The van der Waals surface area contributed by atoms with E-state index < -0.39 is 0 Å². The Morgan fingerprint density at radius 2 is 1.61 bits per heavy atom. The molecule has 0 radical (unpaired) electrons. The van der Waals surface area contributed by atoms with E-state index in [0.717, 1.165) is 47.0 Å². The Morgan fingerprint density at radius 3 is 2.39 bits per heavy atom. The number of hydrogen-bond acceptors (Lipinski definition) is 5. The maximum atomic E-state index is 4.68. The van der Waals surface area contributed by atoms with Crippen molar-refractivity contribution in [1.29, 1.82) is 0 Å². The van der Waals surface area contributed by atoms with Crippen molar-refractivity contribution in [1.82, 2.24) is 15.0 Å². The van der Waals surface area contributed by atoms with E-state index in [9.17, 15) is 0 Å². The van der Waals surface area contributed by atoms with Gasteiger partial charge in [0.2, 0.25) is 0 Å². The molecule has 1 aliphatic heterocycles. The van der Waals surface area contributed by atoms with Crippen LogP contribution in [-0.2, 0) is 0 Å². The zero-order valence-corrected chi connectivity index (χ0v) is 17.6. The number of aromatic nitrogens is 3. The van der Waals surface area contributed by atoms with Gasteiger partial charge in [-0.1, -0.05) is 18.2 Å². The number of nitrogens with one attached hydrogen (secondary N) is 1. The second-order valence-corrected chi connectivity index (χ2v) is 7.80. The SMILES string of the molecule is CNc1cc(-c2cncc(-c3cccc(N4CCCC4)c3)c2)cc(-c2ccccn2)n1. The first-order valence-electron chi connectivity index (χ1n) is 10.7. The molecule has 3 aromatic heterocycles. The van der Waals surface area contributed by atoms with Gasteiger partial charge in [-0.05, 0) is 66.4 Å². The molecule has 0 saturated carbocycles. The Hall–Kier alpha value is -3.73. The zero-order valence-electron chi connectivity index (χ0n) is 17.6. The smallest absolute Gasteiger partial charge is 0.127 e. The third-order valence-electron chi connectivity index (χ3n) is 5.73. The number of hydrogen-bond donors (Lipinski definition) is 1. The van der Waals surface area contributed by atoms with Crippen LogP contribution in [-0.4, -0.2) is 35.1 Å². The molecule has 4 heterocycles. The summed E-state index contributed by atoms with van der Waals surface area (Å²) in [4.78, 5) is 16.2. The van der Waals surface area contributed by atoms with Gasteiger partial charge in [0.05, 0.1) is 11.4 Å². The summed E-state index contributed by atoms with van der Waals surface area (Å²) >= 11 is 0. The lowest BCUT2D eigenvalue weighted by Crippen LogP contribution is -2.17. The monoisotopic (exact) mass is 407 g/mol. The van der Waals surface area contributed by atoms with Crippen molar-refractivity contribution in [2.45, 2.75) is 12.8 Å². The summed E-state index contributed by atoms with van der Waals surface area (Å²) in [6.45, 7) is 2.28. The van der Waals surface area contributed by atoms with Crippen molar-refractivity contribution in [2.75, 3.05) is 30.4 Å². The van der Waals surface area contributed by atoms with Crippen molar-refractivity contribution >= 4 is 11.5 Å². The minimum Gasteiger partial charge on any atom is -0.373 e. The number of rotatable bonds is 5. The van der Waals surface area contributed by atoms with Gasteiger partial charge < -0.3 is 10.2 Å². The Kier molecular flexibility index (Phi) is 5.31. The van der Waals surface area contributed by atoms with E-state index in [1.807, 2.05) is 43.7 Å². The van der Waals surface area contributed by atoms with Crippen LogP contribution < -0.4 is 10.2 Å². The average Bonchev–Trinajstić information content (AvgIpc) is 3.40. The summed E-state index contributed by atoms with van der Waals surface area (Å²) in [5, 5.41) is 3.17. The summed E-state index contributed by atoms with van der Waals surface area (Å²) < 4.78 is 0. The summed E-state index contributed by atoms with van der Waals surface area (Å²) in [6.07, 6.45) is 8.18. The number of benzene rings is 1. The molecular formula is C26H25N5. The van der Waals surface area contributed by atoms with E-state index in [0.29, 0.717) is 0 Å². The van der Waals surface area contributed by atoms with Crippen LogP contribution in [0.4, 0.5) is 11.5 Å². The van der Waals surface area contributed by atoms with Gasteiger partial charge >= 0.3 is 0 Å². The van der Waals surface area contributed by atoms with Crippen LogP contribution in [0.1, 0.15) is 12.8 Å².